The van der Waals surface area contributed by atoms with Crippen LogP contribution < -0.4 is 10.1 Å². The number of nitrogens with one attached hydrogen (secondary N) is 1. The monoisotopic (exact) mass is 280 g/mol. The fourth-order valence-corrected chi connectivity index (χ4v) is 1.95. The summed E-state index contributed by atoms with van der Waals surface area (Å²) >= 11 is 0. The van der Waals surface area contributed by atoms with Gasteiger partial charge in [-0.05, 0) is 12.1 Å². The van der Waals surface area contributed by atoms with Gasteiger partial charge in [-0.1, -0.05) is 6.07 Å². The number of ether oxygens (including phenoxy) is 2. The second kappa shape index (κ2) is 6.25. The van der Waals surface area contributed by atoms with Crippen molar-refractivity contribution in [3.63, 3.8) is 0 Å². The third-order valence-corrected chi connectivity index (χ3v) is 3.00. The number of carboxylic acids is 1. The summed E-state index contributed by atoms with van der Waals surface area (Å²) in [4.78, 5) is 24.5. The lowest BCUT2D eigenvalue weighted by atomic mass is 10.2. The molecule has 0 aromatic heterocycles. The number of nitrogens with zero attached hydrogens (tertiary/aromatic N) is 1. The minimum absolute atomic E-state index is 0.000857. The van der Waals surface area contributed by atoms with Crippen molar-refractivity contribution in [3.05, 3.63) is 24.3 Å². The van der Waals surface area contributed by atoms with Gasteiger partial charge in [-0.3, -0.25) is 0 Å². The zero-order valence-corrected chi connectivity index (χ0v) is 11.0. The van der Waals surface area contributed by atoms with Gasteiger partial charge in [0, 0.05) is 18.3 Å². The van der Waals surface area contributed by atoms with Gasteiger partial charge in [0.1, 0.15) is 5.75 Å². The highest BCUT2D eigenvalue weighted by molar-refractivity contribution is 5.92. The summed E-state index contributed by atoms with van der Waals surface area (Å²) in [6.45, 7) is 0.572. The van der Waals surface area contributed by atoms with Gasteiger partial charge in [0.05, 0.1) is 20.3 Å². The summed E-state index contributed by atoms with van der Waals surface area (Å²) in [7, 11) is 1.53. The maximum absolute atomic E-state index is 12.1. The summed E-state index contributed by atoms with van der Waals surface area (Å²) in [6.07, 6.45) is 0. The van der Waals surface area contributed by atoms with Gasteiger partial charge in [-0.15, -0.1) is 0 Å². The number of carbonyl (C=O) groups is 2. The molecule has 1 aliphatic heterocycles. The predicted octanol–water partition coefficient (Wildman–Crippen LogP) is 1.01. The van der Waals surface area contributed by atoms with Crippen LogP contribution in [-0.2, 0) is 9.53 Å². The molecule has 1 aliphatic rings. The molecule has 1 heterocycles. The Morgan fingerprint density at radius 1 is 1.50 bits per heavy atom. The molecule has 1 aromatic rings. The Labute approximate surface area is 116 Å². The fourth-order valence-electron chi connectivity index (χ4n) is 1.95. The van der Waals surface area contributed by atoms with Crippen molar-refractivity contribution in [2.24, 2.45) is 0 Å². The van der Waals surface area contributed by atoms with Gasteiger partial charge in [0.15, 0.2) is 6.04 Å². The minimum Gasteiger partial charge on any atom is -0.497 e. The van der Waals surface area contributed by atoms with Crippen LogP contribution in [0.15, 0.2) is 24.3 Å². The summed E-state index contributed by atoms with van der Waals surface area (Å²) < 4.78 is 10.2. The third kappa shape index (κ3) is 3.18. The highest BCUT2D eigenvalue weighted by Gasteiger charge is 2.32. The number of hydrogen-bond acceptors (Lipinski definition) is 4. The van der Waals surface area contributed by atoms with E-state index in [2.05, 4.69) is 5.32 Å². The van der Waals surface area contributed by atoms with Crippen LogP contribution >= 0.6 is 0 Å². The lowest BCUT2D eigenvalue weighted by Crippen LogP contribution is -2.53. The van der Waals surface area contributed by atoms with Gasteiger partial charge in [-0.2, -0.15) is 0 Å². The van der Waals surface area contributed by atoms with Gasteiger partial charge in [0.25, 0.3) is 0 Å². The van der Waals surface area contributed by atoms with Gasteiger partial charge >= 0.3 is 12.0 Å². The highest BCUT2D eigenvalue weighted by Crippen LogP contribution is 2.18. The molecule has 0 radical (unpaired) electrons. The minimum atomic E-state index is -1.08. The van der Waals surface area contributed by atoms with E-state index in [1.54, 1.807) is 24.3 Å². The van der Waals surface area contributed by atoms with E-state index in [-0.39, 0.29) is 13.2 Å². The molecule has 7 nitrogen and oxygen atoms in total. The number of urea groups is 1. The molecule has 0 bridgehead atoms. The number of methoxy groups -OCH3 is 1. The first-order valence-electron chi connectivity index (χ1n) is 6.14. The van der Waals surface area contributed by atoms with Crippen molar-refractivity contribution in [1.82, 2.24) is 4.90 Å². The molecule has 1 saturated heterocycles. The predicted molar refractivity (Wildman–Crippen MR) is 71.0 cm³/mol. The van der Waals surface area contributed by atoms with Crippen LogP contribution in [0, 0.1) is 0 Å². The van der Waals surface area contributed by atoms with E-state index in [9.17, 15) is 9.59 Å². The second-order valence-electron chi connectivity index (χ2n) is 4.28. The van der Waals surface area contributed by atoms with Crippen molar-refractivity contribution >= 4 is 17.7 Å². The molecule has 0 saturated carbocycles. The number of rotatable bonds is 3. The van der Waals surface area contributed by atoms with E-state index in [4.69, 9.17) is 14.6 Å². The fraction of sp³-hybridized carbons (Fsp3) is 0.385. The molecule has 7 heteroatoms. The summed E-state index contributed by atoms with van der Waals surface area (Å²) in [5.41, 5.74) is 0.546. The molecule has 108 valence electrons. The Morgan fingerprint density at radius 3 is 3.00 bits per heavy atom. The number of anilines is 1. The van der Waals surface area contributed by atoms with Crippen LogP contribution in [0.5, 0.6) is 5.75 Å². The molecule has 2 amide bonds. The van der Waals surface area contributed by atoms with Crippen LogP contribution in [0.1, 0.15) is 0 Å². The molecule has 1 aromatic carbocycles. The number of hydrogen-bond donors (Lipinski definition) is 2. The number of amides is 2. The molecular weight excluding hydrogens is 264 g/mol. The summed E-state index contributed by atoms with van der Waals surface area (Å²) in [5.74, 6) is -0.468. The van der Waals surface area contributed by atoms with Crippen molar-refractivity contribution in [3.8, 4) is 5.75 Å². The normalized spacial score (nSPS) is 18.4. The zero-order valence-electron chi connectivity index (χ0n) is 11.0. The van der Waals surface area contributed by atoms with Crippen molar-refractivity contribution in [2.75, 3.05) is 32.2 Å². The molecule has 0 spiro atoms. The van der Waals surface area contributed by atoms with Crippen molar-refractivity contribution in [1.29, 1.82) is 0 Å². The Kier molecular flexibility index (Phi) is 4.41. The topological polar surface area (TPSA) is 88.1 Å². The molecule has 2 N–H and O–H groups in total. The molecule has 2 rings (SSSR count). The van der Waals surface area contributed by atoms with Crippen molar-refractivity contribution in [2.45, 2.75) is 6.04 Å². The van der Waals surface area contributed by atoms with Gasteiger partial charge in [-0.25, -0.2) is 9.59 Å². The third-order valence-electron chi connectivity index (χ3n) is 3.00. The van der Waals surface area contributed by atoms with E-state index < -0.39 is 18.0 Å². The maximum atomic E-state index is 12.1. The van der Waals surface area contributed by atoms with Crippen molar-refractivity contribution < 1.29 is 24.2 Å². The maximum Gasteiger partial charge on any atom is 0.328 e. The average Bonchev–Trinajstić information content (AvgIpc) is 2.47. The second-order valence-corrected chi connectivity index (χ2v) is 4.28. The number of benzene rings is 1. The van der Waals surface area contributed by atoms with Crippen LogP contribution in [0.25, 0.3) is 0 Å². The zero-order chi connectivity index (χ0) is 14.5. The van der Waals surface area contributed by atoms with E-state index >= 15 is 0 Å². The average molecular weight is 280 g/mol. The van der Waals surface area contributed by atoms with Gasteiger partial charge in [0.2, 0.25) is 0 Å². The van der Waals surface area contributed by atoms with Crippen LogP contribution in [0.2, 0.25) is 0 Å². The summed E-state index contributed by atoms with van der Waals surface area (Å²) in [6, 6.07) is 5.43. The Bertz CT molecular complexity index is 505. The smallest absolute Gasteiger partial charge is 0.328 e. The summed E-state index contributed by atoms with van der Waals surface area (Å²) in [5, 5.41) is 11.7. The van der Waals surface area contributed by atoms with Gasteiger partial charge < -0.3 is 24.8 Å². The molecule has 20 heavy (non-hydrogen) atoms. The molecule has 1 unspecified atom stereocenters. The van der Waals surface area contributed by atoms with E-state index in [0.29, 0.717) is 18.0 Å². The Hall–Kier alpha value is -2.28. The first-order chi connectivity index (χ1) is 9.61. The molecule has 1 fully saturated rings. The molecular formula is C13H16N2O5. The number of aliphatic carboxylic acids is 1. The lowest BCUT2D eigenvalue weighted by molar-refractivity contribution is -0.147. The lowest BCUT2D eigenvalue weighted by Gasteiger charge is -2.32. The molecule has 1 atom stereocenters. The first-order valence-corrected chi connectivity index (χ1v) is 6.14. The number of carboxylic acid groups (broad SMARTS) is 1. The standard InChI is InChI=1S/C13H16N2O5/c1-19-10-4-2-3-9(7-10)14-13(18)15-5-6-20-8-11(15)12(16)17/h2-4,7,11H,5-6,8H2,1H3,(H,14,18)(H,16,17). The SMILES string of the molecule is COc1cccc(NC(=O)N2CCOCC2C(=O)O)c1. The first kappa shape index (κ1) is 14.1. The van der Waals surface area contributed by atoms with Crippen LogP contribution in [-0.4, -0.2) is 54.9 Å². The number of morpholine rings is 1. The van der Waals surface area contributed by atoms with E-state index in [1.165, 1.54) is 12.0 Å². The highest BCUT2D eigenvalue weighted by atomic mass is 16.5. The van der Waals surface area contributed by atoms with E-state index in [0.717, 1.165) is 0 Å². The van der Waals surface area contributed by atoms with Crippen LogP contribution in [0.4, 0.5) is 10.5 Å². The Balaban J connectivity index is 2.07. The van der Waals surface area contributed by atoms with Crippen LogP contribution in [0.3, 0.4) is 0 Å². The van der Waals surface area contributed by atoms with E-state index in [1.807, 2.05) is 0 Å². The largest absolute Gasteiger partial charge is 0.497 e. The quantitative estimate of drug-likeness (QED) is 0.862. The molecule has 0 aliphatic carbocycles. The Morgan fingerprint density at radius 2 is 2.30 bits per heavy atom. The number of carbonyl (C=O) groups excluding carboxylic acids is 1.